The summed E-state index contributed by atoms with van der Waals surface area (Å²) in [4.78, 5) is 11.9. The molecular weight excluding hydrogens is 314 g/mol. The van der Waals surface area contributed by atoms with Crippen LogP contribution in [0, 0.1) is 13.8 Å². The number of hydrogen-bond donors (Lipinski definition) is 2. The number of aromatic nitrogens is 2. The molecule has 3 rings (SSSR count). The third-order valence-electron chi connectivity index (χ3n) is 4.22. The lowest BCUT2D eigenvalue weighted by Crippen LogP contribution is -2.15. The predicted molar refractivity (Wildman–Crippen MR) is 98.4 cm³/mol. The Balaban J connectivity index is 1.93. The summed E-state index contributed by atoms with van der Waals surface area (Å²) in [5.41, 5.74) is 10.9. The fourth-order valence-corrected chi connectivity index (χ4v) is 2.87. The van der Waals surface area contributed by atoms with Crippen LogP contribution in [0.2, 0.25) is 0 Å². The summed E-state index contributed by atoms with van der Waals surface area (Å²) in [5.74, 6) is 0.751. The minimum Gasteiger partial charge on any atom is -0.489 e. The summed E-state index contributed by atoms with van der Waals surface area (Å²) in [7, 11) is 0. The van der Waals surface area contributed by atoms with Gasteiger partial charge in [0, 0.05) is 17.7 Å². The molecule has 0 atom stereocenters. The Hall–Kier alpha value is -2.92. The van der Waals surface area contributed by atoms with Gasteiger partial charge in [-0.2, -0.15) is 5.10 Å². The van der Waals surface area contributed by atoms with E-state index >= 15 is 0 Å². The van der Waals surface area contributed by atoms with Crippen molar-refractivity contribution in [3.63, 3.8) is 0 Å². The molecule has 2 aromatic carbocycles. The van der Waals surface area contributed by atoms with Gasteiger partial charge in [0.1, 0.15) is 12.4 Å². The zero-order valence-electron chi connectivity index (χ0n) is 14.4. The topological polar surface area (TPSA) is 81.0 Å². The van der Waals surface area contributed by atoms with E-state index in [0.717, 1.165) is 33.7 Å². The zero-order valence-corrected chi connectivity index (χ0v) is 14.4. The number of H-pyrrole nitrogens is 1. The van der Waals surface area contributed by atoms with E-state index in [-0.39, 0.29) is 5.56 Å². The van der Waals surface area contributed by atoms with Crippen molar-refractivity contribution in [1.29, 1.82) is 0 Å². The van der Waals surface area contributed by atoms with Crippen LogP contribution in [0.1, 0.15) is 22.4 Å². The Morgan fingerprint density at radius 1 is 1.12 bits per heavy atom. The first-order valence-electron chi connectivity index (χ1n) is 8.16. The van der Waals surface area contributed by atoms with Gasteiger partial charge >= 0.3 is 0 Å². The summed E-state index contributed by atoms with van der Waals surface area (Å²) < 4.78 is 5.87. The molecule has 5 heteroatoms. The highest BCUT2D eigenvalue weighted by atomic mass is 16.5. The molecule has 0 bridgehead atoms. The monoisotopic (exact) mass is 335 g/mol. The number of aryl methyl sites for hydroxylation is 1. The first-order chi connectivity index (χ1) is 12.1. The molecule has 0 aliphatic rings. The smallest absolute Gasteiger partial charge is 0.267 e. The molecule has 5 nitrogen and oxygen atoms in total. The van der Waals surface area contributed by atoms with Gasteiger partial charge in [-0.3, -0.25) is 4.79 Å². The largest absolute Gasteiger partial charge is 0.489 e. The van der Waals surface area contributed by atoms with E-state index in [4.69, 9.17) is 10.5 Å². The van der Waals surface area contributed by atoms with E-state index in [1.807, 2.05) is 55.5 Å². The van der Waals surface area contributed by atoms with Crippen molar-refractivity contribution in [2.45, 2.75) is 27.0 Å². The van der Waals surface area contributed by atoms with Gasteiger partial charge in [-0.25, -0.2) is 5.10 Å². The minimum atomic E-state index is -0.187. The third-order valence-corrected chi connectivity index (χ3v) is 4.22. The molecule has 0 radical (unpaired) electrons. The van der Waals surface area contributed by atoms with E-state index < -0.39 is 0 Å². The maximum absolute atomic E-state index is 11.9. The minimum absolute atomic E-state index is 0.187. The standard InChI is InChI=1S/C20H21N3O2/c1-13-19(14(2)22-23-20(13)24)18-9-8-17(10-16(18)11-21)25-12-15-6-4-3-5-7-15/h3-10H,11-12,21H2,1-2H3,(H,23,24). The average molecular weight is 335 g/mol. The molecule has 3 aromatic rings. The van der Waals surface area contributed by atoms with Gasteiger partial charge < -0.3 is 10.5 Å². The summed E-state index contributed by atoms with van der Waals surface area (Å²) in [6, 6.07) is 15.8. The summed E-state index contributed by atoms with van der Waals surface area (Å²) in [6.07, 6.45) is 0. The van der Waals surface area contributed by atoms with Crippen LogP contribution in [0.3, 0.4) is 0 Å². The molecule has 3 N–H and O–H groups in total. The highest BCUT2D eigenvalue weighted by Gasteiger charge is 2.14. The van der Waals surface area contributed by atoms with E-state index in [0.29, 0.717) is 18.7 Å². The van der Waals surface area contributed by atoms with Crippen molar-refractivity contribution in [2.24, 2.45) is 5.73 Å². The van der Waals surface area contributed by atoms with Crippen LogP contribution >= 0.6 is 0 Å². The highest BCUT2D eigenvalue weighted by Crippen LogP contribution is 2.30. The lowest BCUT2D eigenvalue weighted by Gasteiger charge is -2.14. The molecule has 0 aliphatic carbocycles. The molecule has 25 heavy (non-hydrogen) atoms. The molecule has 0 spiro atoms. The van der Waals surface area contributed by atoms with Gasteiger partial charge in [-0.1, -0.05) is 36.4 Å². The van der Waals surface area contributed by atoms with Crippen LogP contribution in [-0.4, -0.2) is 10.2 Å². The molecule has 1 heterocycles. The number of aromatic amines is 1. The Kier molecular flexibility index (Phi) is 4.95. The number of benzene rings is 2. The number of rotatable bonds is 5. The number of nitrogens with one attached hydrogen (secondary N) is 1. The quantitative estimate of drug-likeness (QED) is 0.751. The molecular formula is C20H21N3O2. The van der Waals surface area contributed by atoms with Gasteiger partial charge in [0.15, 0.2) is 0 Å². The van der Waals surface area contributed by atoms with Crippen LogP contribution in [0.15, 0.2) is 53.3 Å². The zero-order chi connectivity index (χ0) is 17.8. The Morgan fingerprint density at radius 3 is 2.60 bits per heavy atom. The molecule has 1 aromatic heterocycles. The van der Waals surface area contributed by atoms with Crippen molar-refractivity contribution in [2.75, 3.05) is 0 Å². The first-order valence-corrected chi connectivity index (χ1v) is 8.16. The normalized spacial score (nSPS) is 10.7. The van der Waals surface area contributed by atoms with Crippen LogP contribution < -0.4 is 16.0 Å². The van der Waals surface area contributed by atoms with Crippen molar-refractivity contribution in [1.82, 2.24) is 10.2 Å². The van der Waals surface area contributed by atoms with Crippen LogP contribution in [0.5, 0.6) is 5.75 Å². The second kappa shape index (κ2) is 7.32. The molecule has 128 valence electrons. The molecule has 0 saturated carbocycles. The van der Waals surface area contributed by atoms with E-state index in [1.54, 1.807) is 6.92 Å². The Labute approximate surface area is 146 Å². The van der Waals surface area contributed by atoms with Crippen LogP contribution in [-0.2, 0) is 13.2 Å². The van der Waals surface area contributed by atoms with Crippen molar-refractivity contribution < 1.29 is 4.74 Å². The molecule has 0 aliphatic heterocycles. The van der Waals surface area contributed by atoms with Crippen molar-refractivity contribution in [3.8, 4) is 16.9 Å². The molecule has 0 fully saturated rings. The SMILES string of the molecule is Cc1n[nH]c(=O)c(C)c1-c1ccc(OCc2ccccc2)cc1CN. The Morgan fingerprint density at radius 2 is 1.88 bits per heavy atom. The number of hydrogen-bond acceptors (Lipinski definition) is 4. The summed E-state index contributed by atoms with van der Waals surface area (Å²) in [6.45, 7) is 4.51. The van der Waals surface area contributed by atoms with Crippen LogP contribution in [0.4, 0.5) is 0 Å². The Bertz CT molecular complexity index is 933. The third kappa shape index (κ3) is 3.61. The van der Waals surface area contributed by atoms with Crippen LogP contribution in [0.25, 0.3) is 11.1 Å². The number of nitrogens with two attached hydrogens (primary N) is 1. The van der Waals surface area contributed by atoms with Gasteiger partial charge in [0.05, 0.1) is 5.69 Å². The highest BCUT2D eigenvalue weighted by molar-refractivity contribution is 5.72. The van der Waals surface area contributed by atoms with Crippen molar-refractivity contribution in [3.05, 3.63) is 81.3 Å². The lowest BCUT2D eigenvalue weighted by atomic mass is 9.95. The van der Waals surface area contributed by atoms with Crippen molar-refractivity contribution >= 4 is 0 Å². The van der Waals surface area contributed by atoms with Gasteiger partial charge in [0.25, 0.3) is 5.56 Å². The fraction of sp³-hybridized carbons (Fsp3) is 0.200. The number of ether oxygens (including phenoxy) is 1. The average Bonchev–Trinajstić information content (AvgIpc) is 2.65. The number of nitrogens with zero attached hydrogens (tertiary/aromatic N) is 1. The first kappa shape index (κ1) is 16.9. The van der Waals surface area contributed by atoms with Gasteiger partial charge in [-0.05, 0) is 42.7 Å². The lowest BCUT2D eigenvalue weighted by molar-refractivity contribution is 0.306. The van der Waals surface area contributed by atoms with E-state index in [2.05, 4.69) is 10.2 Å². The second-order valence-electron chi connectivity index (χ2n) is 5.94. The molecule has 0 saturated heterocycles. The molecule has 0 unspecified atom stereocenters. The maximum Gasteiger partial charge on any atom is 0.267 e. The van der Waals surface area contributed by atoms with E-state index in [9.17, 15) is 4.79 Å². The maximum atomic E-state index is 11.9. The predicted octanol–water partition coefficient (Wildman–Crippen LogP) is 3.09. The second-order valence-corrected chi connectivity index (χ2v) is 5.94. The fourth-order valence-electron chi connectivity index (χ4n) is 2.87. The summed E-state index contributed by atoms with van der Waals surface area (Å²) in [5, 5.41) is 6.58. The van der Waals surface area contributed by atoms with Gasteiger partial charge in [-0.15, -0.1) is 0 Å². The van der Waals surface area contributed by atoms with E-state index in [1.165, 1.54) is 0 Å². The van der Waals surface area contributed by atoms with Gasteiger partial charge in [0.2, 0.25) is 0 Å². The summed E-state index contributed by atoms with van der Waals surface area (Å²) >= 11 is 0. The molecule has 0 amide bonds.